The molecule has 0 aliphatic rings. The molecule has 3 atom stereocenters. The number of carbonyl (C=O) groups excluding carboxylic acids is 3. The maximum Gasteiger partial charge on any atom is 0.408 e. The molecule has 0 fully saturated rings. The largest absolute Gasteiger partial charge is 0.444 e. The molecule has 0 saturated heterocycles. The standard InChI is InChI=1S/C38H46ClN3O4/c1-9-29-19-13-14-20-30(29)34(35(43)41-33-26(4)16-15-21-31(33)39)42(27(5)23-22-25(2)3)36(44)32(24-28-17-11-10-12-18-28)40-37(45)46-38(6,7)8/h1,10-21,25,27,32,34H,22-24H2,2-8H3,(H,40,45)(H,41,43). The minimum Gasteiger partial charge on any atom is -0.444 e. The Hall–Kier alpha value is -4.28. The molecule has 0 spiro atoms. The van der Waals surface area contributed by atoms with Crippen LogP contribution in [-0.4, -0.2) is 40.5 Å². The summed E-state index contributed by atoms with van der Waals surface area (Å²) >= 11 is 6.53. The van der Waals surface area contributed by atoms with E-state index in [1.54, 1.807) is 62.1 Å². The Morgan fingerprint density at radius 2 is 1.59 bits per heavy atom. The van der Waals surface area contributed by atoms with Crippen molar-refractivity contribution in [3.8, 4) is 12.3 Å². The van der Waals surface area contributed by atoms with Crippen LogP contribution in [0.15, 0.2) is 72.8 Å². The van der Waals surface area contributed by atoms with Crippen molar-refractivity contribution in [2.24, 2.45) is 5.92 Å². The van der Waals surface area contributed by atoms with Gasteiger partial charge < -0.3 is 20.3 Å². The molecule has 3 aromatic carbocycles. The van der Waals surface area contributed by atoms with Gasteiger partial charge in [-0.1, -0.05) is 92.0 Å². The molecule has 3 rings (SSSR count). The van der Waals surface area contributed by atoms with Crippen LogP contribution in [0.4, 0.5) is 10.5 Å². The number of nitrogens with zero attached hydrogens (tertiary/aromatic N) is 1. The summed E-state index contributed by atoms with van der Waals surface area (Å²) in [6.07, 6.45) is 6.82. The third-order valence-corrected chi connectivity index (χ3v) is 7.89. The van der Waals surface area contributed by atoms with Crippen molar-refractivity contribution in [3.63, 3.8) is 0 Å². The highest BCUT2D eigenvalue weighted by atomic mass is 35.5. The van der Waals surface area contributed by atoms with Crippen molar-refractivity contribution in [2.45, 2.75) is 91.5 Å². The SMILES string of the molecule is C#Cc1ccccc1C(C(=O)Nc1c(C)cccc1Cl)N(C(=O)C(Cc1ccccc1)NC(=O)OC(C)(C)C)C(C)CCC(C)C. The van der Waals surface area contributed by atoms with Crippen molar-refractivity contribution in [2.75, 3.05) is 5.32 Å². The number of hydrogen-bond acceptors (Lipinski definition) is 4. The number of anilines is 1. The molecule has 0 aromatic heterocycles. The van der Waals surface area contributed by atoms with Gasteiger partial charge >= 0.3 is 6.09 Å². The average molecular weight is 644 g/mol. The molecule has 0 heterocycles. The highest BCUT2D eigenvalue weighted by molar-refractivity contribution is 6.34. The van der Waals surface area contributed by atoms with Crippen LogP contribution in [0.1, 0.15) is 82.7 Å². The molecule has 2 N–H and O–H groups in total. The van der Waals surface area contributed by atoms with E-state index in [0.717, 1.165) is 17.5 Å². The molecular weight excluding hydrogens is 598 g/mol. The van der Waals surface area contributed by atoms with E-state index in [1.807, 2.05) is 50.2 Å². The van der Waals surface area contributed by atoms with Gasteiger partial charge in [0.2, 0.25) is 5.91 Å². The van der Waals surface area contributed by atoms with Crippen LogP contribution in [-0.2, 0) is 20.7 Å². The van der Waals surface area contributed by atoms with Crippen molar-refractivity contribution < 1.29 is 19.1 Å². The maximum atomic E-state index is 14.9. The maximum absolute atomic E-state index is 14.9. The molecule has 7 nitrogen and oxygen atoms in total. The number of hydrogen-bond donors (Lipinski definition) is 2. The molecular formula is C38H46ClN3O4. The number of ether oxygens (including phenoxy) is 1. The van der Waals surface area contributed by atoms with Gasteiger partial charge in [0, 0.05) is 18.0 Å². The Bertz CT molecular complexity index is 1520. The average Bonchev–Trinajstić information content (AvgIpc) is 2.99. The number of alkyl carbamates (subject to hydrolysis) is 1. The van der Waals surface area contributed by atoms with Crippen LogP contribution in [0.5, 0.6) is 0 Å². The van der Waals surface area contributed by atoms with E-state index in [9.17, 15) is 14.4 Å². The van der Waals surface area contributed by atoms with Crippen LogP contribution in [0.25, 0.3) is 0 Å². The Kier molecular flexibility index (Phi) is 12.8. The second-order valence-corrected chi connectivity index (χ2v) is 13.4. The van der Waals surface area contributed by atoms with E-state index in [1.165, 1.54) is 0 Å². The molecule has 3 aromatic rings. The third-order valence-electron chi connectivity index (χ3n) is 7.57. The van der Waals surface area contributed by atoms with Crippen molar-refractivity contribution in [3.05, 3.63) is 100 Å². The summed E-state index contributed by atoms with van der Waals surface area (Å²) in [4.78, 5) is 44.2. The molecule has 0 bridgehead atoms. The first kappa shape index (κ1) is 36.2. The summed E-state index contributed by atoms with van der Waals surface area (Å²) in [6.45, 7) is 13.3. The van der Waals surface area contributed by atoms with Gasteiger partial charge in [-0.15, -0.1) is 6.42 Å². The van der Waals surface area contributed by atoms with Gasteiger partial charge in [-0.25, -0.2) is 4.79 Å². The quantitative estimate of drug-likeness (QED) is 0.195. The van der Waals surface area contributed by atoms with Crippen molar-refractivity contribution in [1.82, 2.24) is 10.2 Å². The van der Waals surface area contributed by atoms with Gasteiger partial charge in [-0.2, -0.15) is 0 Å². The summed E-state index contributed by atoms with van der Waals surface area (Å²) < 4.78 is 5.57. The molecule has 3 amide bonds. The zero-order valence-electron chi connectivity index (χ0n) is 27.9. The number of rotatable bonds is 12. The number of benzene rings is 3. The summed E-state index contributed by atoms with van der Waals surface area (Å²) in [6, 6.07) is 19.3. The predicted octanol–water partition coefficient (Wildman–Crippen LogP) is 8.10. The second kappa shape index (κ2) is 16.3. The Morgan fingerprint density at radius 3 is 2.20 bits per heavy atom. The minimum atomic E-state index is -1.14. The van der Waals surface area contributed by atoms with Crippen LogP contribution < -0.4 is 10.6 Å². The molecule has 8 heteroatoms. The van der Waals surface area contributed by atoms with Crippen molar-refractivity contribution in [1.29, 1.82) is 0 Å². The normalized spacial score (nSPS) is 13.2. The molecule has 3 unspecified atom stereocenters. The second-order valence-electron chi connectivity index (χ2n) is 13.0. The lowest BCUT2D eigenvalue weighted by molar-refractivity contribution is -0.143. The first-order valence-corrected chi connectivity index (χ1v) is 16.1. The van der Waals surface area contributed by atoms with Gasteiger partial charge in [-0.3, -0.25) is 9.59 Å². The van der Waals surface area contributed by atoms with Gasteiger partial charge in [-0.05, 0) is 82.2 Å². The highest BCUT2D eigenvalue weighted by Gasteiger charge is 2.40. The fourth-order valence-electron chi connectivity index (χ4n) is 5.26. The molecule has 0 radical (unpaired) electrons. The number of halogens is 1. The van der Waals surface area contributed by atoms with Crippen molar-refractivity contribution >= 4 is 35.2 Å². The monoisotopic (exact) mass is 643 g/mol. The molecule has 46 heavy (non-hydrogen) atoms. The zero-order valence-corrected chi connectivity index (χ0v) is 28.7. The van der Waals surface area contributed by atoms with Gasteiger partial charge in [0.05, 0.1) is 10.7 Å². The smallest absolute Gasteiger partial charge is 0.408 e. The molecule has 0 aliphatic carbocycles. The number of nitrogens with one attached hydrogen (secondary N) is 2. The number of amides is 3. The zero-order chi connectivity index (χ0) is 34.0. The van der Waals surface area contributed by atoms with Gasteiger partial charge in [0.1, 0.15) is 17.7 Å². The number of aryl methyl sites for hydroxylation is 1. The number of terminal acetylenes is 1. The van der Waals surface area contributed by atoms with E-state index in [0.29, 0.717) is 34.2 Å². The van der Waals surface area contributed by atoms with E-state index in [2.05, 4.69) is 30.4 Å². The predicted molar refractivity (Wildman–Crippen MR) is 186 cm³/mol. The van der Waals surface area contributed by atoms with Crippen LogP contribution in [0.2, 0.25) is 5.02 Å². The molecule has 244 valence electrons. The minimum absolute atomic E-state index is 0.182. The number of para-hydroxylation sites is 1. The Labute approximate surface area is 279 Å². The summed E-state index contributed by atoms with van der Waals surface area (Å²) in [5, 5.41) is 6.19. The lowest BCUT2D eigenvalue weighted by atomic mass is 9.93. The van der Waals surface area contributed by atoms with E-state index in [4.69, 9.17) is 22.8 Å². The summed E-state index contributed by atoms with van der Waals surface area (Å²) in [7, 11) is 0. The highest BCUT2D eigenvalue weighted by Crippen LogP contribution is 2.33. The third kappa shape index (κ3) is 10.1. The lowest BCUT2D eigenvalue weighted by Gasteiger charge is -2.39. The summed E-state index contributed by atoms with van der Waals surface area (Å²) in [5.74, 6) is 2.14. The van der Waals surface area contributed by atoms with E-state index >= 15 is 0 Å². The first-order valence-electron chi connectivity index (χ1n) is 15.7. The lowest BCUT2D eigenvalue weighted by Crippen LogP contribution is -2.55. The van der Waals surface area contributed by atoms with E-state index in [-0.39, 0.29) is 6.42 Å². The summed E-state index contributed by atoms with van der Waals surface area (Å²) in [5.41, 5.74) is 2.25. The molecule has 0 aliphatic heterocycles. The fraction of sp³-hybridized carbons (Fsp3) is 0.395. The van der Waals surface area contributed by atoms with Crippen LogP contribution >= 0.6 is 11.6 Å². The van der Waals surface area contributed by atoms with E-state index < -0.39 is 41.6 Å². The Balaban J connectivity index is 2.21. The topological polar surface area (TPSA) is 87.7 Å². The molecule has 0 saturated carbocycles. The van der Waals surface area contributed by atoms with Gasteiger partial charge in [0.25, 0.3) is 5.91 Å². The van der Waals surface area contributed by atoms with Crippen LogP contribution in [0.3, 0.4) is 0 Å². The number of carbonyl (C=O) groups is 3. The fourth-order valence-corrected chi connectivity index (χ4v) is 5.53. The first-order chi connectivity index (χ1) is 21.7. The Morgan fingerprint density at radius 1 is 0.935 bits per heavy atom. The van der Waals surface area contributed by atoms with Gasteiger partial charge in [0.15, 0.2) is 0 Å². The van der Waals surface area contributed by atoms with Crippen LogP contribution in [0, 0.1) is 25.2 Å².